The van der Waals surface area contributed by atoms with Gasteiger partial charge in [0.1, 0.15) is 6.61 Å². The van der Waals surface area contributed by atoms with Crippen LogP contribution in [0.2, 0.25) is 0 Å². The number of aliphatic hydroxyl groups excluding tert-OH is 1. The Bertz CT molecular complexity index is 574. The third kappa shape index (κ3) is 3.96. The summed E-state index contributed by atoms with van der Waals surface area (Å²) in [5, 5.41) is 19.5. The molecule has 0 fully saturated rings. The van der Waals surface area contributed by atoms with Crippen LogP contribution in [0.5, 0.6) is 11.5 Å². The molecule has 0 saturated carbocycles. The highest BCUT2D eigenvalue weighted by Crippen LogP contribution is 2.28. The van der Waals surface area contributed by atoms with Gasteiger partial charge in [-0.15, -0.1) is 4.79 Å². The molecule has 1 heterocycles. The lowest BCUT2D eigenvalue weighted by Gasteiger charge is -2.13. The van der Waals surface area contributed by atoms with Crippen LogP contribution < -0.4 is 20.6 Å². The average molecular weight is 294 g/mol. The van der Waals surface area contributed by atoms with Gasteiger partial charge in [0.05, 0.1) is 19.8 Å². The second-order valence-corrected chi connectivity index (χ2v) is 4.07. The monoisotopic (exact) mass is 294 g/mol. The number of nitrogens with zero attached hydrogens (tertiary/aromatic N) is 4. The minimum atomic E-state index is -0.0482. The van der Waals surface area contributed by atoms with E-state index in [9.17, 15) is 0 Å². The Morgan fingerprint density at radius 2 is 2.19 bits per heavy atom. The van der Waals surface area contributed by atoms with Gasteiger partial charge in [-0.2, -0.15) is 0 Å². The number of tetrazole rings is 1. The number of hydrogen-bond acceptors (Lipinski definition) is 8. The zero-order valence-corrected chi connectivity index (χ0v) is 11.7. The molecule has 114 valence electrons. The SMILES string of the molecule is CCOc1cc(CNn2nnnc2N)ccc1OCCO. The summed E-state index contributed by atoms with van der Waals surface area (Å²) in [6.45, 7) is 3.05. The molecule has 0 spiro atoms. The molecule has 2 aromatic rings. The first-order valence-electron chi connectivity index (χ1n) is 6.51. The largest absolute Gasteiger partial charge is 0.490 e. The van der Waals surface area contributed by atoms with Gasteiger partial charge in [-0.1, -0.05) is 11.2 Å². The fraction of sp³-hybridized carbons (Fsp3) is 0.417. The Hall–Kier alpha value is -2.55. The van der Waals surface area contributed by atoms with Gasteiger partial charge in [0.2, 0.25) is 0 Å². The van der Waals surface area contributed by atoms with Gasteiger partial charge in [-0.25, -0.2) is 0 Å². The summed E-state index contributed by atoms with van der Waals surface area (Å²) >= 11 is 0. The van der Waals surface area contributed by atoms with Gasteiger partial charge in [-0.05, 0) is 35.0 Å². The van der Waals surface area contributed by atoms with E-state index in [1.807, 2.05) is 19.1 Å². The molecule has 0 aliphatic heterocycles. The number of nitrogens with two attached hydrogens (primary N) is 1. The highest BCUT2D eigenvalue weighted by molar-refractivity contribution is 5.43. The summed E-state index contributed by atoms with van der Waals surface area (Å²) in [5.41, 5.74) is 9.47. The van der Waals surface area contributed by atoms with Crippen LogP contribution in [0.3, 0.4) is 0 Å². The molecule has 2 rings (SSSR count). The molecule has 0 aliphatic rings. The van der Waals surface area contributed by atoms with Crippen molar-refractivity contribution in [2.24, 2.45) is 0 Å². The summed E-state index contributed by atoms with van der Waals surface area (Å²) < 4.78 is 10.9. The Kier molecular flexibility index (Phi) is 5.16. The molecule has 0 amide bonds. The number of aromatic nitrogens is 4. The fourth-order valence-electron chi connectivity index (χ4n) is 1.68. The Labute approximate surface area is 121 Å². The maximum atomic E-state index is 8.81. The third-order valence-corrected chi connectivity index (χ3v) is 2.58. The van der Waals surface area contributed by atoms with E-state index in [4.69, 9.17) is 20.3 Å². The topological polar surface area (TPSA) is 120 Å². The normalized spacial score (nSPS) is 10.4. The number of nitrogen functional groups attached to an aromatic ring is 1. The van der Waals surface area contributed by atoms with Gasteiger partial charge >= 0.3 is 0 Å². The van der Waals surface area contributed by atoms with E-state index >= 15 is 0 Å². The molecular formula is C12H18N6O3. The second kappa shape index (κ2) is 7.29. The van der Waals surface area contributed by atoms with Crippen LogP contribution >= 0.6 is 0 Å². The van der Waals surface area contributed by atoms with Crippen LogP contribution in [0.4, 0.5) is 5.95 Å². The quantitative estimate of drug-likeness (QED) is 0.610. The number of benzene rings is 1. The van der Waals surface area contributed by atoms with Crippen LogP contribution in [-0.2, 0) is 6.54 Å². The third-order valence-electron chi connectivity index (χ3n) is 2.58. The predicted molar refractivity (Wildman–Crippen MR) is 75.5 cm³/mol. The Morgan fingerprint density at radius 1 is 1.33 bits per heavy atom. The summed E-state index contributed by atoms with van der Waals surface area (Å²) in [7, 11) is 0. The molecule has 4 N–H and O–H groups in total. The average Bonchev–Trinajstić information content (AvgIpc) is 2.90. The zero-order valence-electron chi connectivity index (χ0n) is 11.7. The van der Waals surface area contributed by atoms with E-state index in [0.717, 1.165) is 5.56 Å². The van der Waals surface area contributed by atoms with Gasteiger partial charge < -0.3 is 25.7 Å². The standard InChI is InChI=1S/C12H18N6O3/c1-2-20-11-7-9(3-4-10(11)21-6-5-19)8-14-18-12(13)15-16-17-18/h3-4,7,14,19H,2,5-6,8H2,1H3,(H2,13,15,17). The van der Waals surface area contributed by atoms with E-state index in [2.05, 4.69) is 21.0 Å². The highest BCUT2D eigenvalue weighted by atomic mass is 16.5. The summed E-state index contributed by atoms with van der Waals surface area (Å²) in [6, 6.07) is 5.52. The maximum Gasteiger partial charge on any atom is 0.260 e. The van der Waals surface area contributed by atoms with Crippen molar-refractivity contribution in [1.82, 2.24) is 20.3 Å². The van der Waals surface area contributed by atoms with Gasteiger partial charge in [0, 0.05) is 0 Å². The van der Waals surface area contributed by atoms with E-state index < -0.39 is 0 Å². The Morgan fingerprint density at radius 3 is 2.86 bits per heavy atom. The molecule has 0 unspecified atom stereocenters. The summed E-state index contributed by atoms with van der Waals surface area (Å²) in [4.78, 5) is 1.29. The Balaban J connectivity index is 2.06. The molecule has 0 bridgehead atoms. The number of nitrogens with one attached hydrogen (secondary N) is 1. The molecule has 0 aliphatic carbocycles. The molecule has 1 aromatic carbocycles. The van der Waals surface area contributed by atoms with E-state index in [0.29, 0.717) is 24.7 Å². The lowest BCUT2D eigenvalue weighted by molar-refractivity contribution is 0.194. The minimum absolute atomic E-state index is 0.0482. The van der Waals surface area contributed by atoms with Crippen molar-refractivity contribution in [2.75, 3.05) is 31.0 Å². The van der Waals surface area contributed by atoms with Gasteiger partial charge in [-0.3, -0.25) is 0 Å². The van der Waals surface area contributed by atoms with E-state index in [1.54, 1.807) is 6.07 Å². The van der Waals surface area contributed by atoms with Crippen LogP contribution in [0.25, 0.3) is 0 Å². The number of rotatable bonds is 8. The first-order chi connectivity index (χ1) is 10.2. The van der Waals surface area contributed by atoms with Crippen molar-refractivity contribution in [1.29, 1.82) is 0 Å². The van der Waals surface area contributed by atoms with E-state index in [-0.39, 0.29) is 19.2 Å². The van der Waals surface area contributed by atoms with Crippen LogP contribution in [-0.4, -0.2) is 45.2 Å². The summed E-state index contributed by atoms with van der Waals surface area (Å²) in [5.74, 6) is 1.40. The number of aliphatic hydroxyl groups is 1. The first-order valence-corrected chi connectivity index (χ1v) is 6.51. The van der Waals surface area contributed by atoms with Crippen molar-refractivity contribution >= 4 is 5.95 Å². The molecule has 9 heteroatoms. The predicted octanol–water partition coefficient (Wildman–Crippen LogP) is -0.231. The van der Waals surface area contributed by atoms with Crippen LogP contribution in [0.1, 0.15) is 12.5 Å². The van der Waals surface area contributed by atoms with E-state index in [1.165, 1.54) is 4.79 Å². The van der Waals surface area contributed by atoms with Crippen molar-refractivity contribution in [3.05, 3.63) is 23.8 Å². The second-order valence-electron chi connectivity index (χ2n) is 4.07. The lowest BCUT2D eigenvalue weighted by atomic mass is 10.2. The lowest BCUT2D eigenvalue weighted by Crippen LogP contribution is -2.18. The van der Waals surface area contributed by atoms with Crippen LogP contribution in [0.15, 0.2) is 18.2 Å². The molecule has 0 saturated heterocycles. The number of anilines is 1. The molecular weight excluding hydrogens is 276 g/mol. The molecule has 0 radical (unpaired) electrons. The molecule has 1 aromatic heterocycles. The molecule has 9 nitrogen and oxygen atoms in total. The van der Waals surface area contributed by atoms with Crippen molar-refractivity contribution in [3.63, 3.8) is 0 Å². The maximum absolute atomic E-state index is 8.81. The van der Waals surface area contributed by atoms with Crippen LogP contribution in [0, 0.1) is 0 Å². The zero-order chi connectivity index (χ0) is 15.1. The summed E-state index contributed by atoms with van der Waals surface area (Å²) in [6.07, 6.45) is 0. The van der Waals surface area contributed by atoms with Crippen molar-refractivity contribution in [2.45, 2.75) is 13.5 Å². The number of ether oxygens (including phenoxy) is 2. The van der Waals surface area contributed by atoms with Crippen molar-refractivity contribution < 1.29 is 14.6 Å². The van der Waals surface area contributed by atoms with Crippen molar-refractivity contribution in [3.8, 4) is 11.5 Å². The fourth-order valence-corrected chi connectivity index (χ4v) is 1.68. The van der Waals surface area contributed by atoms with Gasteiger partial charge in [0.25, 0.3) is 5.95 Å². The first kappa shape index (κ1) is 14.9. The smallest absolute Gasteiger partial charge is 0.260 e. The molecule has 21 heavy (non-hydrogen) atoms. The minimum Gasteiger partial charge on any atom is -0.490 e. The number of hydrogen-bond donors (Lipinski definition) is 3. The van der Waals surface area contributed by atoms with Gasteiger partial charge in [0.15, 0.2) is 11.5 Å². The molecule has 0 atom stereocenters. The highest BCUT2D eigenvalue weighted by Gasteiger charge is 2.07.